The van der Waals surface area contributed by atoms with E-state index in [1.165, 1.54) is 22.5 Å². The van der Waals surface area contributed by atoms with Crippen molar-refractivity contribution in [2.75, 3.05) is 0 Å². The summed E-state index contributed by atoms with van der Waals surface area (Å²) in [5, 5.41) is 11.0. The third-order valence-electron chi connectivity index (χ3n) is 4.08. The molecule has 3 rings (SSSR count). The van der Waals surface area contributed by atoms with Crippen molar-refractivity contribution < 1.29 is 18.3 Å². The molecule has 0 aliphatic rings. The number of aromatic nitrogens is 3. The van der Waals surface area contributed by atoms with Crippen LogP contribution in [0.4, 0.5) is 8.78 Å². The molecule has 0 atom stereocenters. The fourth-order valence-corrected chi connectivity index (χ4v) is 2.74. The van der Waals surface area contributed by atoms with E-state index in [-0.39, 0.29) is 17.1 Å². The molecule has 0 unspecified atom stereocenters. The Bertz CT molecular complexity index is 1030. The molecule has 0 aliphatic heterocycles. The van der Waals surface area contributed by atoms with Crippen LogP contribution in [0.2, 0.25) is 0 Å². The Balaban J connectivity index is 1.75. The number of hydrogen-bond donors (Lipinski definition) is 1. The average molecular weight is 418 g/mol. The van der Waals surface area contributed by atoms with Crippen molar-refractivity contribution in [3.05, 3.63) is 70.3 Å². The number of nitrogens with one attached hydrogen (secondary N) is 1. The van der Waals surface area contributed by atoms with Crippen LogP contribution in [0.1, 0.15) is 36.7 Å². The summed E-state index contributed by atoms with van der Waals surface area (Å²) in [7, 11) is 0. The molecule has 0 aliphatic carbocycles. The minimum absolute atomic E-state index is 0.0179. The Morgan fingerprint density at radius 1 is 1.17 bits per heavy atom. The second-order valence-corrected chi connectivity index (χ2v) is 6.82. The molecule has 1 heterocycles. The summed E-state index contributed by atoms with van der Waals surface area (Å²) in [4.78, 5) is 0. The average Bonchev–Trinajstić information content (AvgIpc) is 3.05. The predicted octanol–water partition coefficient (Wildman–Crippen LogP) is 5.13. The summed E-state index contributed by atoms with van der Waals surface area (Å²) in [5.41, 5.74) is 1.60. The summed E-state index contributed by atoms with van der Waals surface area (Å²) < 4.78 is 37.0. The van der Waals surface area contributed by atoms with Gasteiger partial charge in [0.05, 0.1) is 6.21 Å². The van der Waals surface area contributed by atoms with Gasteiger partial charge >= 0.3 is 6.61 Å². The highest BCUT2D eigenvalue weighted by atomic mass is 32.1. The number of aromatic amines is 1. The van der Waals surface area contributed by atoms with Gasteiger partial charge < -0.3 is 9.47 Å². The van der Waals surface area contributed by atoms with E-state index in [4.69, 9.17) is 17.0 Å². The number of alkyl halides is 2. The number of benzene rings is 2. The maximum Gasteiger partial charge on any atom is 0.387 e. The first-order valence-corrected chi connectivity index (χ1v) is 9.32. The summed E-state index contributed by atoms with van der Waals surface area (Å²) in [6.45, 7) is 1.44. The van der Waals surface area contributed by atoms with Crippen LogP contribution >= 0.6 is 12.2 Å². The standard InChI is InChI=1S/C20H20F2N4O2S/c1-13(2)14-7-9-16(10-8-14)27-12-18-24-25-20(29)26(18)23-11-15-5-3-4-6-17(15)28-19(21)22/h3-11,13,19H,12H2,1-2H3,(H,25,29)/b23-11-. The molecule has 0 saturated carbocycles. The molecule has 0 radical (unpaired) electrons. The van der Waals surface area contributed by atoms with E-state index in [0.717, 1.165) is 0 Å². The van der Waals surface area contributed by atoms with Crippen molar-refractivity contribution in [1.82, 2.24) is 14.9 Å². The third-order valence-corrected chi connectivity index (χ3v) is 4.34. The molecule has 29 heavy (non-hydrogen) atoms. The van der Waals surface area contributed by atoms with E-state index in [0.29, 0.717) is 23.1 Å². The fourth-order valence-electron chi connectivity index (χ4n) is 2.54. The van der Waals surface area contributed by atoms with Crippen LogP contribution in [0.5, 0.6) is 11.5 Å². The van der Waals surface area contributed by atoms with Gasteiger partial charge in [-0.05, 0) is 48.0 Å². The van der Waals surface area contributed by atoms with Gasteiger partial charge in [0.2, 0.25) is 4.77 Å². The molecule has 1 aromatic heterocycles. The maximum atomic E-state index is 12.6. The predicted molar refractivity (Wildman–Crippen MR) is 108 cm³/mol. The Morgan fingerprint density at radius 3 is 2.59 bits per heavy atom. The molecular formula is C20H20F2N4O2S. The van der Waals surface area contributed by atoms with E-state index in [9.17, 15) is 8.78 Å². The molecule has 3 aromatic rings. The fraction of sp³-hybridized carbons (Fsp3) is 0.250. The smallest absolute Gasteiger partial charge is 0.387 e. The zero-order valence-corrected chi connectivity index (χ0v) is 16.7. The van der Waals surface area contributed by atoms with Gasteiger partial charge in [-0.15, -0.1) is 0 Å². The number of rotatable bonds is 8. The number of para-hydroxylation sites is 1. The van der Waals surface area contributed by atoms with Gasteiger partial charge in [0.15, 0.2) is 5.82 Å². The first-order chi connectivity index (χ1) is 13.9. The number of H-pyrrole nitrogens is 1. The number of halogens is 2. The summed E-state index contributed by atoms with van der Waals surface area (Å²) in [6, 6.07) is 14.1. The van der Waals surface area contributed by atoms with Crippen LogP contribution in [-0.4, -0.2) is 27.7 Å². The molecule has 6 nitrogen and oxygen atoms in total. The lowest BCUT2D eigenvalue weighted by Crippen LogP contribution is -2.06. The van der Waals surface area contributed by atoms with Gasteiger partial charge in [-0.3, -0.25) is 0 Å². The third kappa shape index (κ3) is 5.47. The van der Waals surface area contributed by atoms with E-state index in [1.54, 1.807) is 18.2 Å². The highest BCUT2D eigenvalue weighted by Gasteiger charge is 2.09. The van der Waals surface area contributed by atoms with Crippen molar-refractivity contribution in [1.29, 1.82) is 0 Å². The van der Waals surface area contributed by atoms with Gasteiger partial charge in [-0.2, -0.15) is 23.7 Å². The quantitative estimate of drug-likeness (QED) is 0.407. The minimum atomic E-state index is -2.92. The minimum Gasteiger partial charge on any atom is -0.486 e. The number of hydrogen-bond acceptors (Lipinski definition) is 5. The van der Waals surface area contributed by atoms with Crippen LogP contribution in [0, 0.1) is 4.77 Å². The van der Waals surface area contributed by atoms with Gasteiger partial charge in [-0.1, -0.05) is 38.1 Å². The maximum absolute atomic E-state index is 12.6. The van der Waals surface area contributed by atoms with Gasteiger partial charge in [0, 0.05) is 5.56 Å². The molecule has 0 amide bonds. The Hall–Kier alpha value is -3.07. The Kier molecular flexibility index (Phi) is 6.71. The van der Waals surface area contributed by atoms with Crippen molar-refractivity contribution in [2.24, 2.45) is 5.10 Å². The molecule has 0 bridgehead atoms. The van der Waals surface area contributed by atoms with Crippen molar-refractivity contribution in [3.8, 4) is 11.5 Å². The zero-order valence-electron chi connectivity index (χ0n) is 15.9. The highest BCUT2D eigenvalue weighted by molar-refractivity contribution is 7.71. The first-order valence-electron chi connectivity index (χ1n) is 8.91. The Labute approximate surface area is 171 Å². The highest BCUT2D eigenvalue weighted by Crippen LogP contribution is 2.20. The zero-order chi connectivity index (χ0) is 20.8. The van der Waals surface area contributed by atoms with Crippen molar-refractivity contribution >= 4 is 18.4 Å². The topological polar surface area (TPSA) is 64.4 Å². The van der Waals surface area contributed by atoms with Gasteiger partial charge in [0.25, 0.3) is 0 Å². The van der Waals surface area contributed by atoms with E-state index in [1.807, 2.05) is 24.3 Å². The summed E-state index contributed by atoms with van der Waals surface area (Å²) in [5.74, 6) is 1.58. The van der Waals surface area contributed by atoms with E-state index < -0.39 is 6.61 Å². The molecular weight excluding hydrogens is 398 g/mol. The van der Waals surface area contributed by atoms with Crippen molar-refractivity contribution in [3.63, 3.8) is 0 Å². The normalized spacial score (nSPS) is 11.5. The summed E-state index contributed by atoms with van der Waals surface area (Å²) in [6.07, 6.45) is 1.38. The molecule has 0 fully saturated rings. The second-order valence-electron chi connectivity index (χ2n) is 6.43. The molecule has 2 aromatic carbocycles. The lowest BCUT2D eigenvalue weighted by atomic mass is 10.0. The largest absolute Gasteiger partial charge is 0.486 e. The number of ether oxygens (including phenoxy) is 2. The van der Waals surface area contributed by atoms with Crippen LogP contribution in [0.15, 0.2) is 53.6 Å². The van der Waals surface area contributed by atoms with Crippen LogP contribution in [-0.2, 0) is 6.61 Å². The van der Waals surface area contributed by atoms with E-state index >= 15 is 0 Å². The molecule has 0 spiro atoms. The monoisotopic (exact) mass is 418 g/mol. The lowest BCUT2D eigenvalue weighted by Gasteiger charge is -2.09. The van der Waals surface area contributed by atoms with Crippen LogP contribution in [0.3, 0.4) is 0 Å². The van der Waals surface area contributed by atoms with E-state index in [2.05, 4.69) is 33.9 Å². The van der Waals surface area contributed by atoms with Gasteiger partial charge in [0.1, 0.15) is 18.1 Å². The summed E-state index contributed by atoms with van der Waals surface area (Å²) >= 11 is 5.19. The van der Waals surface area contributed by atoms with Crippen molar-refractivity contribution in [2.45, 2.75) is 33.0 Å². The van der Waals surface area contributed by atoms with Crippen LogP contribution in [0.25, 0.3) is 0 Å². The molecule has 9 heteroatoms. The molecule has 152 valence electrons. The second kappa shape index (κ2) is 9.42. The number of nitrogens with zero attached hydrogens (tertiary/aromatic N) is 3. The Morgan fingerprint density at radius 2 is 1.90 bits per heavy atom. The van der Waals surface area contributed by atoms with Gasteiger partial charge in [-0.25, -0.2) is 5.10 Å². The first kappa shape index (κ1) is 20.7. The molecule has 0 saturated heterocycles. The SMILES string of the molecule is CC(C)c1ccc(OCc2n[nH]c(=S)n2/N=C\c2ccccc2OC(F)F)cc1. The molecule has 1 N–H and O–H groups in total. The lowest BCUT2D eigenvalue weighted by molar-refractivity contribution is -0.0499. The van der Waals surface area contributed by atoms with Crippen LogP contribution < -0.4 is 9.47 Å².